The molecule has 0 radical (unpaired) electrons. The Morgan fingerprint density at radius 2 is 1.86 bits per heavy atom. The summed E-state index contributed by atoms with van der Waals surface area (Å²) in [7, 11) is 0. The average Bonchev–Trinajstić information content (AvgIpc) is 2.67. The number of hydrogen-bond acceptors (Lipinski definition) is 4. The third-order valence-electron chi connectivity index (χ3n) is 5.72. The Balaban J connectivity index is 1.90. The van der Waals surface area contributed by atoms with Crippen LogP contribution in [-0.4, -0.2) is 36.5 Å². The van der Waals surface area contributed by atoms with Gasteiger partial charge in [0.05, 0.1) is 10.6 Å². The van der Waals surface area contributed by atoms with Gasteiger partial charge < -0.3 is 15.4 Å². The van der Waals surface area contributed by atoms with E-state index in [0.29, 0.717) is 16.9 Å². The molecule has 0 saturated heterocycles. The molecule has 6 nitrogen and oxygen atoms in total. The van der Waals surface area contributed by atoms with Gasteiger partial charge in [-0.05, 0) is 36.3 Å². The summed E-state index contributed by atoms with van der Waals surface area (Å²) in [6, 6.07) is 5.84. The van der Waals surface area contributed by atoms with Gasteiger partial charge in [0.25, 0.3) is 11.8 Å². The maximum atomic E-state index is 12.5. The average molecular weight is 423 g/mol. The molecule has 0 unspecified atom stereocenters. The first-order valence-corrected chi connectivity index (χ1v) is 10.6. The van der Waals surface area contributed by atoms with Crippen LogP contribution < -0.4 is 10.6 Å². The predicted octanol–water partition coefficient (Wildman–Crippen LogP) is 3.58. The molecule has 0 spiro atoms. The lowest BCUT2D eigenvalue weighted by atomic mass is 9.78. The van der Waals surface area contributed by atoms with Crippen LogP contribution in [0.5, 0.6) is 0 Å². The molecule has 0 aromatic heterocycles. The quantitative estimate of drug-likeness (QED) is 0.658. The molecule has 7 heteroatoms. The highest BCUT2D eigenvalue weighted by molar-refractivity contribution is 6.33. The number of rotatable bonds is 7. The van der Waals surface area contributed by atoms with Crippen molar-refractivity contribution in [1.29, 1.82) is 0 Å². The van der Waals surface area contributed by atoms with E-state index in [1.165, 1.54) is 6.42 Å². The summed E-state index contributed by atoms with van der Waals surface area (Å²) in [5.74, 6) is -0.676. The Kier molecular flexibility index (Phi) is 8.50. The van der Waals surface area contributed by atoms with Gasteiger partial charge in [-0.3, -0.25) is 9.59 Å². The van der Waals surface area contributed by atoms with Crippen LogP contribution in [-0.2, 0) is 14.3 Å². The van der Waals surface area contributed by atoms with Gasteiger partial charge in [-0.1, -0.05) is 64.3 Å². The van der Waals surface area contributed by atoms with Crippen molar-refractivity contribution in [3.63, 3.8) is 0 Å². The number of halogens is 1. The Morgan fingerprint density at radius 3 is 2.52 bits per heavy atom. The smallest absolute Gasteiger partial charge is 0.329 e. The summed E-state index contributed by atoms with van der Waals surface area (Å²) in [5, 5.41) is 5.94. The molecule has 1 aliphatic rings. The molecule has 160 valence electrons. The van der Waals surface area contributed by atoms with E-state index >= 15 is 0 Å². The summed E-state index contributed by atoms with van der Waals surface area (Å²) in [5.41, 5.74) is 0.283. The Hall–Kier alpha value is -2.08. The molecule has 0 aliphatic heterocycles. The third kappa shape index (κ3) is 6.46. The fourth-order valence-electron chi connectivity index (χ4n) is 3.62. The van der Waals surface area contributed by atoms with Crippen molar-refractivity contribution in [3.8, 4) is 0 Å². The molecule has 4 atom stereocenters. The molecule has 0 bridgehead atoms. The first kappa shape index (κ1) is 23.2. The topological polar surface area (TPSA) is 84.5 Å². The molecule has 1 fully saturated rings. The van der Waals surface area contributed by atoms with Crippen LogP contribution in [0.3, 0.4) is 0 Å². The molecule has 2 rings (SSSR count). The van der Waals surface area contributed by atoms with Crippen LogP contribution in [0.4, 0.5) is 0 Å². The fourth-order valence-corrected chi connectivity index (χ4v) is 3.84. The van der Waals surface area contributed by atoms with Gasteiger partial charge in [-0.15, -0.1) is 0 Å². The van der Waals surface area contributed by atoms with E-state index in [-0.39, 0.29) is 30.0 Å². The number of esters is 1. The second kappa shape index (κ2) is 10.6. The minimum Gasteiger partial charge on any atom is -0.454 e. The zero-order chi connectivity index (χ0) is 21.6. The molecule has 0 heterocycles. The van der Waals surface area contributed by atoms with Gasteiger partial charge in [0.1, 0.15) is 6.04 Å². The lowest BCUT2D eigenvalue weighted by Crippen LogP contribution is -2.48. The first-order valence-electron chi connectivity index (χ1n) is 10.2. The van der Waals surface area contributed by atoms with Crippen LogP contribution in [0.15, 0.2) is 24.3 Å². The number of amides is 2. The van der Waals surface area contributed by atoms with E-state index in [1.807, 2.05) is 0 Å². The van der Waals surface area contributed by atoms with Crippen molar-refractivity contribution in [2.45, 2.75) is 59.0 Å². The first-order chi connectivity index (χ1) is 13.7. The van der Waals surface area contributed by atoms with Crippen LogP contribution in [0.1, 0.15) is 57.3 Å². The van der Waals surface area contributed by atoms with Crippen molar-refractivity contribution >= 4 is 29.4 Å². The zero-order valence-electron chi connectivity index (χ0n) is 17.5. The molecular weight excluding hydrogens is 392 g/mol. The summed E-state index contributed by atoms with van der Waals surface area (Å²) in [6.45, 7) is 7.56. The number of ether oxygens (including phenoxy) is 1. The van der Waals surface area contributed by atoms with Crippen molar-refractivity contribution < 1.29 is 19.1 Å². The van der Waals surface area contributed by atoms with Crippen molar-refractivity contribution in [3.05, 3.63) is 34.9 Å². The van der Waals surface area contributed by atoms with E-state index in [0.717, 1.165) is 12.8 Å². The second-order valence-electron chi connectivity index (χ2n) is 8.22. The van der Waals surface area contributed by atoms with E-state index in [9.17, 15) is 14.4 Å². The predicted molar refractivity (Wildman–Crippen MR) is 113 cm³/mol. The number of nitrogens with one attached hydrogen (secondary N) is 2. The van der Waals surface area contributed by atoms with E-state index in [4.69, 9.17) is 16.3 Å². The van der Waals surface area contributed by atoms with E-state index in [2.05, 4.69) is 24.5 Å². The van der Waals surface area contributed by atoms with Crippen LogP contribution in [0.25, 0.3) is 0 Å². The number of hydrogen-bond donors (Lipinski definition) is 2. The lowest BCUT2D eigenvalue weighted by molar-refractivity contribution is -0.151. The van der Waals surface area contributed by atoms with Gasteiger partial charge in [0.15, 0.2) is 6.61 Å². The molecular formula is C22H31ClN2O4. The monoisotopic (exact) mass is 422 g/mol. The Labute approximate surface area is 177 Å². The number of carbonyl (C=O) groups excluding carboxylic acids is 3. The van der Waals surface area contributed by atoms with Crippen molar-refractivity contribution in [2.75, 3.05) is 6.61 Å². The summed E-state index contributed by atoms with van der Waals surface area (Å²) in [4.78, 5) is 37.2. The minimum atomic E-state index is -0.875. The standard InChI is InChI=1S/C22H31ClN2O4/c1-13(2)20(25-21(27)16-9-5-6-10-17(16)23)22(28)29-12-19(26)24-18-11-7-8-14(3)15(18)4/h5-6,9-10,13-15,18,20H,7-8,11-12H2,1-4H3,(H,24,26)(H,25,27)/t14-,15-,18+,20-/m0/s1. The summed E-state index contributed by atoms with van der Waals surface area (Å²) >= 11 is 6.05. The highest BCUT2D eigenvalue weighted by atomic mass is 35.5. The van der Waals surface area contributed by atoms with Gasteiger partial charge in [0.2, 0.25) is 0 Å². The maximum Gasteiger partial charge on any atom is 0.329 e. The SMILES string of the molecule is CC(C)[C@H](NC(=O)c1ccccc1Cl)C(=O)OCC(=O)N[C@@H]1CCC[C@H](C)[C@@H]1C. The van der Waals surface area contributed by atoms with Crippen LogP contribution in [0.2, 0.25) is 5.02 Å². The highest BCUT2D eigenvalue weighted by Crippen LogP contribution is 2.29. The van der Waals surface area contributed by atoms with Gasteiger partial charge in [-0.25, -0.2) is 4.79 Å². The third-order valence-corrected chi connectivity index (χ3v) is 6.05. The highest BCUT2D eigenvalue weighted by Gasteiger charge is 2.30. The van der Waals surface area contributed by atoms with Crippen LogP contribution in [0, 0.1) is 17.8 Å². The molecule has 2 amide bonds. The largest absolute Gasteiger partial charge is 0.454 e. The molecule has 2 N–H and O–H groups in total. The molecule has 1 saturated carbocycles. The molecule has 1 aliphatic carbocycles. The molecule has 1 aromatic carbocycles. The van der Waals surface area contributed by atoms with E-state index in [1.54, 1.807) is 38.1 Å². The minimum absolute atomic E-state index is 0.103. The van der Waals surface area contributed by atoms with Gasteiger partial charge in [-0.2, -0.15) is 0 Å². The van der Waals surface area contributed by atoms with Crippen molar-refractivity contribution in [1.82, 2.24) is 10.6 Å². The molecule has 29 heavy (non-hydrogen) atoms. The maximum absolute atomic E-state index is 12.5. The fraction of sp³-hybridized carbons (Fsp3) is 0.591. The second-order valence-corrected chi connectivity index (χ2v) is 8.63. The van der Waals surface area contributed by atoms with Gasteiger partial charge in [0, 0.05) is 6.04 Å². The van der Waals surface area contributed by atoms with Crippen LogP contribution >= 0.6 is 11.6 Å². The normalized spacial score (nSPS) is 22.6. The summed E-state index contributed by atoms with van der Waals surface area (Å²) in [6.07, 6.45) is 3.19. The van der Waals surface area contributed by atoms with E-state index < -0.39 is 17.9 Å². The number of benzene rings is 1. The lowest BCUT2D eigenvalue weighted by Gasteiger charge is -2.34. The Morgan fingerprint density at radius 1 is 1.17 bits per heavy atom. The van der Waals surface area contributed by atoms with Gasteiger partial charge >= 0.3 is 5.97 Å². The Bertz CT molecular complexity index is 737. The summed E-state index contributed by atoms with van der Waals surface area (Å²) < 4.78 is 5.20. The molecule has 1 aromatic rings. The zero-order valence-corrected chi connectivity index (χ0v) is 18.3. The number of carbonyl (C=O) groups is 3. The van der Waals surface area contributed by atoms with Crippen molar-refractivity contribution in [2.24, 2.45) is 17.8 Å².